The Hall–Kier alpha value is -2.91. The van der Waals surface area contributed by atoms with Gasteiger partial charge in [-0.15, -0.1) is 0 Å². The molecule has 0 bridgehead atoms. The Bertz CT molecular complexity index is 835. The highest BCUT2D eigenvalue weighted by Crippen LogP contribution is 2.61. The molecule has 3 nitrogen and oxygen atoms in total. The van der Waals surface area contributed by atoms with Crippen LogP contribution in [0.4, 0.5) is 5.69 Å². The van der Waals surface area contributed by atoms with Crippen LogP contribution in [0.15, 0.2) is 91.0 Å². The van der Waals surface area contributed by atoms with Gasteiger partial charge in [0.2, 0.25) is 5.91 Å². The fourth-order valence-corrected chi connectivity index (χ4v) is 4.05. The molecule has 1 fully saturated rings. The Kier molecular flexibility index (Phi) is 5.03. The third-order valence-corrected chi connectivity index (χ3v) is 5.33. The van der Waals surface area contributed by atoms with Gasteiger partial charge in [-0.05, 0) is 23.3 Å². The predicted octanol–water partition coefficient (Wildman–Crippen LogP) is 4.21. The van der Waals surface area contributed by atoms with E-state index in [0.717, 1.165) is 5.69 Å². The number of rotatable bonds is 6. The van der Waals surface area contributed by atoms with E-state index < -0.39 is 0 Å². The molecule has 0 heterocycles. The van der Waals surface area contributed by atoms with Crippen molar-refractivity contribution in [1.29, 1.82) is 0 Å². The number of carbonyl (C=O) groups is 1. The van der Waals surface area contributed by atoms with Crippen molar-refractivity contribution < 1.29 is 9.90 Å². The fraction of sp³-hybridized carbons (Fsp3) is 0.208. The predicted molar refractivity (Wildman–Crippen MR) is 108 cm³/mol. The molecule has 1 aliphatic carbocycles. The van der Waals surface area contributed by atoms with Crippen molar-refractivity contribution in [2.45, 2.75) is 11.8 Å². The van der Waals surface area contributed by atoms with Crippen molar-refractivity contribution in [3.05, 3.63) is 102 Å². The molecular weight excluding hydrogens is 334 g/mol. The number of hydrogen-bond acceptors (Lipinski definition) is 2. The molecule has 0 saturated heterocycles. The van der Waals surface area contributed by atoms with E-state index >= 15 is 0 Å². The number of nitrogens with zero attached hydrogens (tertiary/aromatic N) is 1. The zero-order chi connectivity index (χ0) is 18.6. The van der Waals surface area contributed by atoms with Gasteiger partial charge in [0.1, 0.15) is 0 Å². The van der Waals surface area contributed by atoms with Gasteiger partial charge in [-0.2, -0.15) is 0 Å². The summed E-state index contributed by atoms with van der Waals surface area (Å²) in [4.78, 5) is 15.2. The second-order valence-corrected chi connectivity index (χ2v) is 6.95. The first-order chi connectivity index (χ1) is 13.3. The third-order valence-electron chi connectivity index (χ3n) is 5.33. The summed E-state index contributed by atoms with van der Waals surface area (Å²) in [6.45, 7) is 0.252. The summed E-state index contributed by atoms with van der Waals surface area (Å²) in [7, 11) is 0. The van der Waals surface area contributed by atoms with Crippen molar-refractivity contribution in [2.24, 2.45) is 5.92 Å². The Morgan fingerprint density at radius 1 is 0.741 bits per heavy atom. The molecule has 3 aromatic carbocycles. The summed E-state index contributed by atoms with van der Waals surface area (Å²) >= 11 is 0. The molecule has 1 saturated carbocycles. The third kappa shape index (κ3) is 3.51. The largest absolute Gasteiger partial charge is 0.395 e. The second kappa shape index (κ2) is 7.77. The van der Waals surface area contributed by atoms with Crippen LogP contribution in [-0.4, -0.2) is 24.2 Å². The number of aliphatic hydroxyl groups is 1. The lowest BCUT2D eigenvalue weighted by atomic mass is 10.0. The SMILES string of the molecule is O=C(C1C(c2ccccc2)C1c1ccccc1)N(CCO)c1ccccc1. The summed E-state index contributed by atoms with van der Waals surface area (Å²) in [5.41, 5.74) is 3.23. The van der Waals surface area contributed by atoms with Crippen molar-refractivity contribution >= 4 is 11.6 Å². The van der Waals surface area contributed by atoms with Gasteiger partial charge in [-0.1, -0.05) is 78.9 Å². The van der Waals surface area contributed by atoms with Crippen LogP contribution in [0.2, 0.25) is 0 Å². The lowest BCUT2D eigenvalue weighted by Crippen LogP contribution is -2.35. The fourth-order valence-electron chi connectivity index (χ4n) is 4.05. The molecule has 0 aromatic heterocycles. The van der Waals surface area contributed by atoms with E-state index in [9.17, 15) is 9.90 Å². The second-order valence-electron chi connectivity index (χ2n) is 6.95. The standard InChI is InChI=1S/C24H23NO2/c26-17-16-25(20-14-8-3-9-15-20)24(27)23-21(18-10-4-1-5-11-18)22(23)19-12-6-2-7-13-19/h1-15,21-23,26H,16-17H2. The number of para-hydroxylation sites is 1. The number of benzene rings is 3. The van der Waals surface area contributed by atoms with Crippen LogP contribution >= 0.6 is 0 Å². The first-order valence-corrected chi connectivity index (χ1v) is 9.38. The van der Waals surface area contributed by atoms with Crippen LogP contribution in [0.3, 0.4) is 0 Å². The highest BCUT2D eigenvalue weighted by atomic mass is 16.3. The zero-order valence-electron chi connectivity index (χ0n) is 15.1. The molecular formula is C24H23NO2. The number of hydrogen-bond donors (Lipinski definition) is 1. The molecule has 1 amide bonds. The average molecular weight is 357 g/mol. The summed E-state index contributed by atoms with van der Waals surface area (Å²) in [6.07, 6.45) is 0. The van der Waals surface area contributed by atoms with E-state index in [-0.39, 0.29) is 30.3 Å². The molecule has 1 N–H and O–H groups in total. The maximum Gasteiger partial charge on any atom is 0.231 e. The molecule has 1 aliphatic rings. The first-order valence-electron chi connectivity index (χ1n) is 9.38. The van der Waals surface area contributed by atoms with E-state index in [0.29, 0.717) is 6.54 Å². The van der Waals surface area contributed by atoms with Gasteiger partial charge in [0.15, 0.2) is 0 Å². The van der Waals surface area contributed by atoms with Gasteiger partial charge in [0.25, 0.3) is 0 Å². The Morgan fingerprint density at radius 3 is 1.63 bits per heavy atom. The Labute approximate surface area is 159 Å². The van der Waals surface area contributed by atoms with Crippen LogP contribution in [0.1, 0.15) is 23.0 Å². The van der Waals surface area contributed by atoms with Gasteiger partial charge in [-0.3, -0.25) is 4.79 Å². The molecule has 136 valence electrons. The summed E-state index contributed by atoms with van der Waals surface area (Å²) in [5.74, 6) is 0.316. The summed E-state index contributed by atoms with van der Waals surface area (Å²) < 4.78 is 0. The minimum atomic E-state index is -0.110. The molecule has 3 aromatic rings. The average Bonchev–Trinajstić information content (AvgIpc) is 3.49. The molecule has 0 aliphatic heterocycles. The summed E-state index contributed by atoms with van der Waals surface area (Å²) in [6, 6.07) is 30.1. The Morgan fingerprint density at radius 2 is 1.19 bits per heavy atom. The number of anilines is 1. The van der Waals surface area contributed by atoms with Crippen molar-refractivity contribution in [3.63, 3.8) is 0 Å². The van der Waals surface area contributed by atoms with Crippen LogP contribution in [0.25, 0.3) is 0 Å². The topological polar surface area (TPSA) is 40.5 Å². The highest BCUT2D eigenvalue weighted by Gasteiger charge is 2.57. The normalized spacial score (nSPS) is 20.9. The lowest BCUT2D eigenvalue weighted by molar-refractivity contribution is -0.120. The van der Waals surface area contributed by atoms with Crippen LogP contribution < -0.4 is 4.90 Å². The smallest absolute Gasteiger partial charge is 0.231 e. The monoisotopic (exact) mass is 357 g/mol. The van der Waals surface area contributed by atoms with Gasteiger partial charge >= 0.3 is 0 Å². The van der Waals surface area contributed by atoms with E-state index in [2.05, 4.69) is 24.3 Å². The number of aliphatic hydroxyl groups excluding tert-OH is 1. The van der Waals surface area contributed by atoms with Crippen molar-refractivity contribution in [1.82, 2.24) is 0 Å². The van der Waals surface area contributed by atoms with Gasteiger partial charge < -0.3 is 10.0 Å². The van der Waals surface area contributed by atoms with Crippen molar-refractivity contribution in [2.75, 3.05) is 18.1 Å². The van der Waals surface area contributed by atoms with E-state index in [1.807, 2.05) is 66.7 Å². The molecule has 0 spiro atoms. The number of carbonyl (C=O) groups excluding carboxylic acids is 1. The molecule has 0 radical (unpaired) electrons. The zero-order valence-corrected chi connectivity index (χ0v) is 15.1. The molecule has 27 heavy (non-hydrogen) atoms. The van der Waals surface area contributed by atoms with Gasteiger partial charge in [0.05, 0.1) is 12.5 Å². The quantitative estimate of drug-likeness (QED) is 0.718. The van der Waals surface area contributed by atoms with Crippen molar-refractivity contribution in [3.8, 4) is 0 Å². The van der Waals surface area contributed by atoms with Gasteiger partial charge in [-0.25, -0.2) is 0 Å². The van der Waals surface area contributed by atoms with Crippen LogP contribution in [0, 0.1) is 5.92 Å². The lowest BCUT2D eigenvalue weighted by Gasteiger charge is -2.22. The van der Waals surface area contributed by atoms with E-state index in [1.165, 1.54) is 11.1 Å². The molecule has 4 rings (SSSR count). The Balaban J connectivity index is 1.67. The van der Waals surface area contributed by atoms with Crippen LogP contribution in [-0.2, 0) is 4.79 Å². The number of amides is 1. The molecule has 2 unspecified atom stereocenters. The maximum atomic E-state index is 13.5. The first kappa shape index (κ1) is 17.5. The highest BCUT2D eigenvalue weighted by molar-refractivity contribution is 5.98. The maximum absolute atomic E-state index is 13.5. The van der Waals surface area contributed by atoms with E-state index in [4.69, 9.17) is 0 Å². The minimum absolute atomic E-state index is 0.0562. The minimum Gasteiger partial charge on any atom is -0.395 e. The molecule has 3 heteroatoms. The van der Waals surface area contributed by atoms with E-state index in [1.54, 1.807) is 4.90 Å². The summed E-state index contributed by atoms with van der Waals surface area (Å²) in [5, 5.41) is 9.52. The van der Waals surface area contributed by atoms with Crippen LogP contribution in [0.5, 0.6) is 0 Å². The molecule has 2 atom stereocenters. The van der Waals surface area contributed by atoms with Gasteiger partial charge in [0, 0.05) is 24.1 Å².